The minimum absolute atomic E-state index is 0.109. The van der Waals surface area contributed by atoms with Gasteiger partial charge in [-0.1, -0.05) is 17.7 Å². The number of amides is 1. The number of ketones is 1. The van der Waals surface area contributed by atoms with E-state index in [-0.39, 0.29) is 16.9 Å². The molecule has 1 amide bonds. The summed E-state index contributed by atoms with van der Waals surface area (Å²) in [6, 6.07) is 12.3. The molecule has 0 radical (unpaired) electrons. The van der Waals surface area contributed by atoms with Crippen LogP contribution in [0.5, 0.6) is 11.5 Å². The molecule has 3 aromatic rings. The molecule has 1 aliphatic rings. The Morgan fingerprint density at radius 3 is 2.50 bits per heavy atom. The summed E-state index contributed by atoms with van der Waals surface area (Å²) in [4.78, 5) is 27.7. The van der Waals surface area contributed by atoms with Crippen molar-refractivity contribution in [3.8, 4) is 11.5 Å². The van der Waals surface area contributed by atoms with Crippen molar-refractivity contribution in [1.82, 2.24) is 0 Å². The van der Waals surface area contributed by atoms with Gasteiger partial charge >= 0.3 is 0 Å². The Hall–Kier alpha value is -3.71. The minimum Gasteiger partial charge on any atom is -0.507 e. The number of aliphatic hydroxyl groups excluding tert-OH is 1. The van der Waals surface area contributed by atoms with Gasteiger partial charge in [0, 0.05) is 16.8 Å². The number of ether oxygens (including phenoxy) is 2. The third-order valence-electron chi connectivity index (χ3n) is 5.51. The van der Waals surface area contributed by atoms with Crippen molar-refractivity contribution in [2.24, 2.45) is 0 Å². The summed E-state index contributed by atoms with van der Waals surface area (Å²) in [5, 5.41) is 11.8. The van der Waals surface area contributed by atoms with Gasteiger partial charge in [0.1, 0.15) is 29.1 Å². The van der Waals surface area contributed by atoms with E-state index in [0.717, 1.165) is 5.56 Å². The van der Waals surface area contributed by atoms with Gasteiger partial charge in [-0.2, -0.15) is 0 Å². The number of halogens is 1. The SMILES string of the molecule is CCOc1ccc(/C(O)=C2/C(=O)C(=O)N(c3ccc(C)c(Cl)c3)C2c2ccco2)c(OCC)c1. The zero-order valence-corrected chi connectivity index (χ0v) is 19.8. The lowest BCUT2D eigenvalue weighted by atomic mass is 9.98. The highest BCUT2D eigenvalue weighted by atomic mass is 35.5. The van der Waals surface area contributed by atoms with E-state index < -0.39 is 17.7 Å². The van der Waals surface area contributed by atoms with Gasteiger partial charge in [0.25, 0.3) is 11.7 Å². The average Bonchev–Trinajstić information content (AvgIpc) is 3.43. The summed E-state index contributed by atoms with van der Waals surface area (Å²) in [5.41, 5.74) is 1.39. The molecule has 1 fully saturated rings. The van der Waals surface area contributed by atoms with Crippen molar-refractivity contribution < 1.29 is 28.6 Å². The van der Waals surface area contributed by atoms with E-state index in [1.807, 2.05) is 13.8 Å². The number of carbonyl (C=O) groups excluding carboxylic acids is 2. The first-order valence-electron chi connectivity index (χ1n) is 10.9. The molecule has 2 aromatic carbocycles. The van der Waals surface area contributed by atoms with Crippen molar-refractivity contribution in [2.45, 2.75) is 26.8 Å². The number of furan rings is 1. The topological polar surface area (TPSA) is 89.2 Å². The van der Waals surface area contributed by atoms with Crippen LogP contribution >= 0.6 is 11.6 Å². The van der Waals surface area contributed by atoms with E-state index in [1.54, 1.807) is 55.5 Å². The number of aliphatic hydroxyl groups is 1. The first-order chi connectivity index (χ1) is 16.4. The Kier molecular flexibility index (Phi) is 6.65. The summed E-state index contributed by atoms with van der Waals surface area (Å²) in [5.74, 6) is -0.805. The standard InChI is InChI=1S/C26H24ClNO6/c1-4-32-17-10-11-18(21(14-17)33-5-2)24(29)22-23(20-7-6-12-34-20)28(26(31)25(22)30)16-9-8-15(3)19(27)13-16/h6-14,23,29H,4-5H2,1-3H3/b24-22-. The maximum atomic E-state index is 13.3. The molecule has 0 bridgehead atoms. The van der Waals surface area contributed by atoms with Crippen LogP contribution in [0.25, 0.3) is 5.76 Å². The van der Waals surface area contributed by atoms with E-state index in [2.05, 4.69) is 0 Å². The number of hydrogen-bond donors (Lipinski definition) is 1. The summed E-state index contributed by atoms with van der Waals surface area (Å²) in [6.07, 6.45) is 1.44. The quantitative estimate of drug-likeness (QED) is 0.266. The molecule has 176 valence electrons. The molecule has 1 aliphatic heterocycles. The third kappa shape index (κ3) is 4.15. The maximum absolute atomic E-state index is 13.3. The highest BCUT2D eigenvalue weighted by molar-refractivity contribution is 6.51. The van der Waals surface area contributed by atoms with Gasteiger partial charge in [0.05, 0.1) is 30.6 Å². The van der Waals surface area contributed by atoms with E-state index in [1.165, 1.54) is 11.2 Å². The van der Waals surface area contributed by atoms with Crippen LogP contribution in [0, 0.1) is 6.92 Å². The fourth-order valence-electron chi connectivity index (χ4n) is 3.92. The Labute approximate surface area is 202 Å². The highest BCUT2D eigenvalue weighted by Crippen LogP contribution is 2.44. The molecule has 0 saturated carbocycles. The van der Waals surface area contributed by atoms with Gasteiger partial charge < -0.3 is 19.0 Å². The number of aryl methyl sites for hydroxylation is 1. The maximum Gasteiger partial charge on any atom is 0.300 e. The predicted octanol–water partition coefficient (Wildman–Crippen LogP) is 5.67. The van der Waals surface area contributed by atoms with Gasteiger partial charge in [0.2, 0.25) is 0 Å². The van der Waals surface area contributed by atoms with Gasteiger partial charge in [0.15, 0.2) is 0 Å². The lowest BCUT2D eigenvalue weighted by molar-refractivity contribution is -0.132. The van der Waals surface area contributed by atoms with E-state index in [9.17, 15) is 14.7 Å². The van der Waals surface area contributed by atoms with E-state index >= 15 is 0 Å². The van der Waals surface area contributed by atoms with Crippen molar-refractivity contribution in [2.75, 3.05) is 18.1 Å². The lowest BCUT2D eigenvalue weighted by Crippen LogP contribution is -2.29. The highest BCUT2D eigenvalue weighted by Gasteiger charge is 2.48. The zero-order chi connectivity index (χ0) is 24.4. The second-order valence-corrected chi connectivity index (χ2v) is 8.05. The number of rotatable bonds is 7. The van der Waals surface area contributed by atoms with Crippen LogP contribution in [-0.2, 0) is 9.59 Å². The molecule has 2 heterocycles. The fourth-order valence-corrected chi connectivity index (χ4v) is 4.10. The number of anilines is 1. The van der Waals surface area contributed by atoms with Crippen LogP contribution in [0.1, 0.15) is 36.8 Å². The van der Waals surface area contributed by atoms with E-state index in [0.29, 0.717) is 41.2 Å². The van der Waals surface area contributed by atoms with Gasteiger partial charge in [-0.05, 0) is 62.7 Å². The molecule has 4 rings (SSSR count). The molecule has 0 spiro atoms. The molecular weight excluding hydrogens is 458 g/mol. The Morgan fingerprint density at radius 1 is 1.09 bits per heavy atom. The number of nitrogens with zero attached hydrogens (tertiary/aromatic N) is 1. The van der Waals surface area contributed by atoms with Crippen LogP contribution in [0.4, 0.5) is 5.69 Å². The van der Waals surface area contributed by atoms with Crippen LogP contribution in [0.2, 0.25) is 5.02 Å². The van der Waals surface area contributed by atoms with Crippen LogP contribution < -0.4 is 14.4 Å². The summed E-state index contributed by atoms with van der Waals surface area (Å²) in [7, 11) is 0. The molecule has 1 saturated heterocycles. The molecule has 8 heteroatoms. The second-order valence-electron chi connectivity index (χ2n) is 7.64. The molecule has 1 unspecified atom stereocenters. The molecule has 1 aromatic heterocycles. The fraction of sp³-hybridized carbons (Fsp3) is 0.231. The Bertz CT molecular complexity index is 1260. The van der Waals surface area contributed by atoms with Crippen LogP contribution in [0.15, 0.2) is 64.8 Å². The molecule has 1 N–H and O–H groups in total. The number of benzene rings is 2. The van der Waals surface area contributed by atoms with Crippen LogP contribution in [0.3, 0.4) is 0 Å². The van der Waals surface area contributed by atoms with Crippen molar-refractivity contribution in [3.63, 3.8) is 0 Å². The smallest absolute Gasteiger partial charge is 0.300 e. The first-order valence-corrected chi connectivity index (χ1v) is 11.3. The number of carbonyl (C=O) groups is 2. The monoisotopic (exact) mass is 481 g/mol. The summed E-state index contributed by atoms with van der Waals surface area (Å²) in [6.45, 7) is 6.29. The van der Waals surface area contributed by atoms with Gasteiger partial charge in [-0.3, -0.25) is 14.5 Å². The molecular formula is C26H24ClNO6. The number of Topliss-reactive ketones (excluding diaryl/α,β-unsaturated/α-hetero) is 1. The largest absolute Gasteiger partial charge is 0.507 e. The third-order valence-corrected chi connectivity index (χ3v) is 5.92. The predicted molar refractivity (Wildman–Crippen MR) is 128 cm³/mol. The summed E-state index contributed by atoms with van der Waals surface area (Å²) >= 11 is 6.30. The van der Waals surface area contributed by atoms with Crippen molar-refractivity contribution in [3.05, 3.63) is 82.3 Å². The van der Waals surface area contributed by atoms with Crippen LogP contribution in [-0.4, -0.2) is 30.0 Å². The Morgan fingerprint density at radius 2 is 1.85 bits per heavy atom. The molecule has 1 atom stereocenters. The first kappa shape index (κ1) is 23.4. The molecule has 0 aliphatic carbocycles. The molecule has 34 heavy (non-hydrogen) atoms. The van der Waals surface area contributed by atoms with E-state index in [4.69, 9.17) is 25.5 Å². The van der Waals surface area contributed by atoms with Gasteiger partial charge in [-0.25, -0.2) is 0 Å². The zero-order valence-electron chi connectivity index (χ0n) is 19.0. The van der Waals surface area contributed by atoms with Crippen molar-refractivity contribution in [1.29, 1.82) is 0 Å². The average molecular weight is 482 g/mol. The molecule has 7 nitrogen and oxygen atoms in total. The Balaban J connectivity index is 1.91. The lowest BCUT2D eigenvalue weighted by Gasteiger charge is -2.24. The normalized spacial score (nSPS) is 17.3. The van der Waals surface area contributed by atoms with Gasteiger partial charge in [-0.15, -0.1) is 0 Å². The minimum atomic E-state index is -0.991. The second kappa shape index (κ2) is 9.65. The summed E-state index contributed by atoms with van der Waals surface area (Å²) < 4.78 is 16.8. The van der Waals surface area contributed by atoms with Crippen molar-refractivity contribution >= 4 is 34.7 Å². The number of hydrogen-bond acceptors (Lipinski definition) is 6.